The molecule has 1 saturated heterocycles. The van der Waals surface area contributed by atoms with Crippen molar-refractivity contribution in [2.75, 3.05) is 18.1 Å². The number of hydrogen-bond acceptors (Lipinski definition) is 3. The van der Waals surface area contributed by atoms with Crippen LogP contribution in [0.4, 0.5) is 0 Å². The summed E-state index contributed by atoms with van der Waals surface area (Å²) in [5.41, 5.74) is 0. The fraction of sp³-hybridized carbons (Fsp3) is 1.00. The van der Waals surface area contributed by atoms with Gasteiger partial charge in [0.05, 0.1) is 11.5 Å². The number of rotatable bonds is 6. The van der Waals surface area contributed by atoms with E-state index in [9.17, 15) is 8.42 Å². The Morgan fingerprint density at radius 3 is 2.50 bits per heavy atom. The average molecular weight is 247 g/mol. The van der Waals surface area contributed by atoms with Gasteiger partial charge in [-0.3, -0.25) is 0 Å². The average Bonchev–Trinajstić information content (AvgIpc) is 2.55. The summed E-state index contributed by atoms with van der Waals surface area (Å²) in [6.45, 7) is 7.44. The van der Waals surface area contributed by atoms with Crippen molar-refractivity contribution < 1.29 is 8.42 Å². The highest BCUT2D eigenvalue weighted by atomic mass is 32.2. The Morgan fingerprint density at radius 2 is 2.06 bits per heavy atom. The summed E-state index contributed by atoms with van der Waals surface area (Å²) in [7, 11) is -2.75. The Balaban J connectivity index is 2.63. The molecule has 1 heterocycles. The molecule has 3 nitrogen and oxygen atoms in total. The first-order valence-electron chi connectivity index (χ1n) is 6.44. The maximum absolute atomic E-state index is 11.5. The van der Waals surface area contributed by atoms with Gasteiger partial charge in [-0.05, 0) is 31.2 Å². The van der Waals surface area contributed by atoms with Crippen molar-refractivity contribution in [3.8, 4) is 0 Å². The third-order valence-corrected chi connectivity index (χ3v) is 5.37. The molecule has 3 unspecified atom stereocenters. The molecular weight excluding hydrogens is 222 g/mol. The van der Waals surface area contributed by atoms with E-state index in [0.29, 0.717) is 29.4 Å². The van der Waals surface area contributed by atoms with Crippen LogP contribution in [0, 0.1) is 11.8 Å². The van der Waals surface area contributed by atoms with E-state index in [1.807, 2.05) is 0 Å². The predicted molar refractivity (Wildman–Crippen MR) is 68.3 cm³/mol. The summed E-state index contributed by atoms with van der Waals surface area (Å²) in [5.74, 6) is 1.67. The molecular formula is C12H25NO2S. The standard InChI is InChI=1S/C12H25NO2S/c1-4-6-10(3)12(13-5-2)11-7-8-16(14,15)9-11/h10-13H,4-9H2,1-3H3. The molecule has 0 saturated carbocycles. The summed E-state index contributed by atoms with van der Waals surface area (Å²) in [6, 6.07) is 0.377. The Labute approximate surface area is 99.9 Å². The zero-order valence-corrected chi connectivity index (χ0v) is 11.5. The molecule has 96 valence electrons. The lowest BCUT2D eigenvalue weighted by Crippen LogP contribution is -2.41. The Hall–Kier alpha value is -0.0900. The van der Waals surface area contributed by atoms with E-state index < -0.39 is 9.84 Å². The van der Waals surface area contributed by atoms with Crippen molar-refractivity contribution in [1.29, 1.82) is 0 Å². The van der Waals surface area contributed by atoms with Crippen LogP contribution in [-0.4, -0.2) is 32.5 Å². The van der Waals surface area contributed by atoms with Gasteiger partial charge in [0.25, 0.3) is 0 Å². The van der Waals surface area contributed by atoms with E-state index >= 15 is 0 Å². The third kappa shape index (κ3) is 3.74. The molecule has 1 aliphatic heterocycles. The van der Waals surface area contributed by atoms with E-state index in [4.69, 9.17) is 0 Å². The van der Waals surface area contributed by atoms with Gasteiger partial charge in [-0.2, -0.15) is 0 Å². The Kier molecular flexibility index (Phi) is 5.25. The van der Waals surface area contributed by atoms with Crippen molar-refractivity contribution >= 4 is 9.84 Å². The van der Waals surface area contributed by atoms with Crippen molar-refractivity contribution in [2.45, 2.75) is 46.1 Å². The molecule has 0 aliphatic carbocycles. The summed E-state index contributed by atoms with van der Waals surface area (Å²) < 4.78 is 23.0. The Bertz CT molecular complexity index is 300. The van der Waals surface area contributed by atoms with Gasteiger partial charge >= 0.3 is 0 Å². The van der Waals surface area contributed by atoms with Crippen molar-refractivity contribution in [3.05, 3.63) is 0 Å². The van der Waals surface area contributed by atoms with Gasteiger partial charge in [0.15, 0.2) is 9.84 Å². The minimum Gasteiger partial charge on any atom is -0.314 e. The molecule has 0 amide bonds. The van der Waals surface area contributed by atoms with Gasteiger partial charge in [-0.25, -0.2) is 8.42 Å². The molecule has 1 rings (SSSR count). The summed E-state index contributed by atoms with van der Waals surface area (Å²) in [4.78, 5) is 0. The van der Waals surface area contributed by atoms with E-state index in [-0.39, 0.29) is 0 Å². The van der Waals surface area contributed by atoms with Crippen LogP contribution in [0.2, 0.25) is 0 Å². The van der Waals surface area contributed by atoms with E-state index in [1.165, 1.54) is 12.8 Å². The first-order valence-corrected chi connectivity index (χ1v) is 8.26. The van der Waals surface area contributed by atoms with E-state index in [2.05, 4.69) is 26.1 Å². The summed E-state index contributed by atoms with van der Waals surface area (Å²) >= 11 is 0. The Morgan fingerprint density at radius 1 is 1.38 bits per heavy atom. The smallest absolute Gasteiger partial charge is 0.150 e. The lowest BCUT2D eigenvalue weighted by Gasteiger charge is -2.29. The van der Waals surface area contributed by atoms with E-state index in [0.717, 1.165) is 13.0 Å². The molecule has 0 radical (unpaired) electrons. The normalized spacial score (nSPS) is 27.8. The van der Waals surface area contributed by atoms with Crippen molar-refractivity contribution in [2.24, 2.45) is 11.8 Å². The lowest BCUT2D eigenvalue weighted by molar-refractivity contribution is 0.278. The van der Waals surface area contributed by atoms with Crippen molar-refractivity contribution in [1.82, 2.24) is 5.32 Å². The third-order valence-electron chi connectivity index (χ3n) is 3.57. The minimum absolute atomic E-state index is 0.325. The number of nitrogens with one attached hydrogen (secondary N) is 1. The van der Waals surface area contributed by atoms with Gasteiger partial charge < -0.3 is 5.32 Å². The fourth-order valence-electron chi connectivity index (χ4n) is 2.81. The second-order valence-corrected chi connectivity index (χ2v) is 7.24. The molecule has 0 aromatic carbocycles. The largest absolute Gasteiger partial charge is 0.314 e. The lowest BCUT2D eigenvalue weighted by atomic mass is 9.86. The molecule has 16 heavy (non-hydrogen) atoms. The molecule has 1 aliphatic rings. The highest BCUT2D eigenvalue weighted by Gasteiger charge is 2.35. The van der Waals surface area contributed by atoms with Crippen LogP contribution in [0.5, 0.6) is 0 Å². The highest BCUT2D eigenvalue weighted by Crippen LogP contribution is 2.27. The molecule has 1 N–H and O–H groups in total. The maximum atomic E-state index is 11.5. The SMILES string of the molecule is CCCC(C)C(NCC)C1CCS(=O)(=O)C1. The van der Waals surface area contributed by atoms with Crippen LogP contribution in [0.1, 0.15) is 40.0 Å². The van der Waals surface area contributed by atoms with Gasteiger partial charge in [0.2, 0.25) is 0 Å². The van der Waals surface area contributed by atoms with Gasteiger partial charge in [-0.15, -0.1) is 0 Å². The first-order chi connectivity index (χ1) is 7.50. The molecule has 1 fully saturated rings. The molecule has 0 bridgehead atoms. The number of hydrogen-bond donors (Lipinski definition) is 1. The van der Waals surface area contributed by atoms with Gasteiger partial charge in [-0.1, -0.05) is 27.2 Å². The van der Waals surface area contributed by atoms with Crippen LogP contribution in [0.15, 0.2) is 0 Å². The minimum atomic E-state index is -2.75. The second-order valence-electron chi connectivity index (χ2n) is 5.01. The van der Waals surface area contributed by atoms with Crippen LogP contribution in [0.25, 0.3) is 0 Å². The van der Waals surface area contributed by atoms with Gasteiger partial charge in [0.1, 0.15) is 0 Å². The quantitative estimate of drug-likeness (QED) is 0.779. The maximum Gasteiger partial charge on any atom is 0.150 e. The van der Waals surface area contributed by atoms with Crippen LogP contribution in [0.3, 0.4) is 0 Å². The highest BCUT2D eigenvalue weighted by molar-refractivity contribution is 7.91. The predicted octanol–water partition coefficient (Wildman–Crippen LogP) is 1.84. The molecule has 0 aromatic rings. The van der Waals surface area contributed by atoms with E-state index in [1.54, 1.807) is 0 Å². The van der Waals surface area contributed by atoms with Crippen molar-refractivity contribution in [3.63, 3.8) is 0 Å². The summed E-state index contributed by atoms with van der Waals surface area (Å²) in [6.07, 6.45) is 3.19. The fourth-order valence-corrected chi connectivity index (χ4v) is 4.66. The zero-order chi connectivity index (χ0) is 12.2. The molecule has 0 spiro atoms. The number of sulfone groups is 1. The second kappa shape index (κ2) is 6.01. The summed E-state index contributed by atoms with van der Waals surface area (Å²) in [5, 5.41) is 3.48. The van der Waals surface area contributed by atoms with Gasteiger partial charge in [0, 0.05) is 6.04 Å². The molecule has 3 atom stereocenters. The first kappa shape index (κ1) is 14.0. The molecule has 0 aromatic heterocycles. The monoisotopic (exact) mass is 247 g/mol. The van der Waals surface area contributed by atoms with Crippen LogP contribution < -0.4 is 5.32 Å². The molecule has 4 heteroatoms. The van der Waals surface area contributed by atoms with Crippen LogP contribution >= 0.6 is 0 Å². The zero-order valence-electron chi connectivity index (χ0n) is 10.7. The topological polar surface area (TPSA) is 46.2 Å². The van der Waals surface area contributed by atoms with Crippen LogP contribution in [-0.2, 0) is 9.84 Å².